The molecule has 5 nitrogen and oxygen atoms in total. The van der Waals surface area contributed by atoms with Crippen molar-refractivity contribution >= 4 is 16.9 Å². The number of imidazole rings is 1. The van der Waals surface area contributed by atoms with Crippen molar-refractivity contribution in [1.82, 2.24) is 19.9 Å². The molecule has 0 unspecified atom stereocenters. The number of amides is 1. The molecule has 0 saturated carbocycles. The largest absolute Gasteiger partial charge is 0.345 e. The first-order valence-corrected chi connectivity index (χ1v) is 10.4. The van der Waals surface area contributed by atoms with Crippen molar-refractivity contribution in [2.75, 3.05) is 0 Å². The van der Waals surface area contributed by atoms with Crippen LogP contribution in [0.25, 0.3) is 11.0 Å². The number of fused-ring (bicyclic) bond motifs is 1. The fourth-order valence-corrected chi connectivity index (χ4v) is 3.50. The van der Waals surface area contributed by atoms with Gasteiger partial charge in [0.2, 0.25) is 0 Å². The number of pyridine rings is 1. The Kier molecular flexibility index (Phi) is 7.59. The maximum atomic E-state index is 12.4. The Morgan fingerprint density at radius 3 is 2.46 bits per heavy atom. The molecular formula is C23H30N4O. The number of unbranched alkanes of at least 4 members (excludes halogenated alkanes) is 6. The van der Waals surface area contributed by atoms with E-state index in [0.717, 1.165) is 29.8 Å². The van der Waals surface area contributed by atoms with Gasteiger partial charge in [-0.2, -0.15) is 0 Å². The number of benzene rings is 1. The van der Waals surface area contributed by atoms with Gasteiger partial charge in [-0.25, -0.2) is 4.98 Å². The molecule has 28 heavy (non-hydrogen) atoms. The molecule has 0 bridgehead atoms. The summed E-state index contributed by atoms with van der Waals surface area (Å²) in [6.45, 7) is 3.61. The Labute approximate surface area is 167 Å². The van der Waals surface area contributed by atoms with Crippen molar-refractivity contribution in [3.63, 3.8) is 0 Å². The van der Waals surface area contributed by atoms with Crippen LogP contribution in [0.5, 0.6) is 0 Å². The maximum absolute atomic E-state index is 12.4. The van der Waals surface area contributed by atoms with Crippen molar-refractivity contribution in [1.29, 1.82) is 0 Å². The second-order valence-electron chi connectivity index (χ2n) is 7.21. The summed E-state index contributed by atoms with van der Waals surface area (Å²) < 4.78 is 2.26. The summed E-state index contributed by atoms with van der Waals surface area (Å²) in [5.74, 6) is 0.812. The van der Waals surface area contributed by atoms with E-state index in [1.54, 1.807) is 24.5 Å². The van der Waals surface area contributed by atoms with Gasteiger partial charge in [0.1, 0.15) is 5.82 Å². The van der Waals surface area contributed by atoms with Crippen LogP contribution in [-0.4, -0.2) is 20.4 Å². The molecule has 0 aliphatic heterocycles. The van der Waals surface area contributed by atoms with E-state index < -0.39 is 0 Å². The van der Waals surface area contributed by atoms with Gasteiger partial charge < -0.3 is 9.88 Å². The van der Waals surface area contributed by atoms with Gasteiger partial charge in [-0.15, -0.1) is 0 Å². The maximum Gasteiger partial charge on any atom is 0.251 e. The second-order valence-corrected chi connectivity index (χ2v) is 7.21. The number of aromatic nitrogens is 3. The van der Waals surface area contributed by atoms with E-state index in [4.69, 9.17) is 4.98 Å². The number of para-hydroxylation sites is 2. The first kappa shape index (κ1) is 20.1. The highest BCUT2D eigenvalue weighted by Crippen LogP contribution is 2.18. The Morgan fingerprint density at radius 2 is 1.68 bits per heavy atom. The minimum Gasteiger partial charge on any atom is -0.345 e. The molecule has 0 atom stereocenters. The molecular weight excluding hydrogens is 348 g/mol. The molecule has 0 aliphatic rings. The predicted octanol–water partition coefficient (Wildman–Crippen LogP) is 5.11. The fourth-order valence-electron chi connectivity index (χ4n) is 3.50. The Bertz CT molecular complexity index is 873. The minimum atomic E-state index is -0.100. The topological polar surface area (TPSA) is 59.8 Å². The summed E-state index contributed by atoms with van der Waals surface area (Å²) in [7, 11) is 0. The van der Waals surface area contributed by atoms with Gasteiger partial charge >= 0.3 is 0 Å². The predicted molar refractivity (Wildman–Crippen MR) is 113 cm³/mol. The fraction of sp³-hybridized carbons (Fsp3) is 0.435. The number of rotatable bonds is 11. The van der Waals surface area contributed by atoms with Crippen molar-refractivity contribution < 1.29 is 4.79 Å². The van der Waals surface area contributed by atoms with Crippen LogP contribution < -0.4 is 5.32 Å². The Hall–Kier alpha value is -2.69. The Morgan fingerprint density at radius 1 is 0.964 bits per heavy atom. The monoisotopic (exact) mass is 378 g/mol. The molecule has 1 N–H and O–H groups in total. The van der Waals surface area contributed by atoms with Gasteiger partial charge in [-0.05, 0) is 30.7 Å². The molecule has 2 aromatic heterocycles. The zero-order valence-corrected chi connectivity index (χ0v) is 16.7. The van der Waals surface area contributed by atoms with Crippen LogP contribution >= 0.6 is 0 Å². The SMILES string of the molecule is CCCCCCCCCn1c(CNC(=O)c2ccncc2)nc2ccccc21. The van der Waals surface area contributed by atoms with E-state index in [2.05, 4.69) is 27.9 Å². The molecule has 0 radical (unpaired) electrons. The van der Waals surface area contributed by atoms with E-state index in [9.17, 15) is 4.79 Å². The molecule has 2 heterocycles. The molecule has 3 rings (SSSR count). The first-order chi connectivity index (χ1) is 13.8. The van der Waals surface area contributed by atoms with Crippen LogP contribution in [-0.2, 0) is 13.1 Å². The van der Waals surface area contributed by atoms with E-state index in [1.165, 1.54) is 38.5 Å². The third-order valence-electron chi connectivity index (χ3n) is 5.07. The molecule has 1 amide bonds. The van der Waals surface area contributed by atoms with Gasteiger partial charge in [0.15, 0.2) is 0 Å². The van der Waals surface area contributed by atoms with Gasteiger partial charge in [-0.1, -0.05) is 57.6 Å². The number of carbonyl (C=O) groups is 1. The van der Waals surface area contributed by atoms with E-state index in [1.807, 2.05) is 18.2 Å². The standard InChI is InChI=1S/C23H30N4O/c1-2-3-4-5-6-7-10-17-27-21-12-9-8-11-20(21)26-22(27)18-25-23(28)19-13-15-24-16-14-19/h8-9,11-16H,2-7,10,17-18H2,1H3,(H,25,28). The highest BCUT2D eigenvalue weighted by atomic mass is 16.1. The number of nitrogens with one attached hydrogen (secondary N) is 1. The normalized spacial score (nSPS) is 11.0. The molecule has 0 aliphatic carbocycles. The third kappa shape index (κ3) is 5.41. The molecule has 3 aromatic rings. The lowest BCUT2D eigenvalue weighted by atomic mass is 10.1. The van der Waals surface area contributed by atoms with E-state index in [-0.39, 0.29) is 5.91 Å². The number of carbonyl (C=O) groups excluding carboxylic acids is 1. The summed E-state index contributed by atoms with van der Waals surface area (Å²) in [6, 6.07) is 11.6. The third-order valence-corrected chi connectivity index (χ3v) is 5.07. The van der Waals surface area contributed by atoms with Crippen molar-refractivity contribution in [3.8, 4) is 0 Å². The summed E-state index contributed by atoms with van der Waals surface area (Å²) in [5, 5.41) is 2.99. The molecule has 0 fully saturated rings. The molecule has 0 saturated heterocycles. The second kappa shape index (κ2) is 10.6. The summed E-state index contributed by atoms with van der Waals surface area (Å²) >= 11 is 0. The van der Waals surface area contributed by atoms with Crippen LogP contribution in [0.3, 0.4) is 0 Å². The van der Waals surface area contributed by atoms with Crippen LogP contribution in [0, 0.1) is 0 Å². The molecule has 1 aromatic carbocycles. The van der Waals surface area contributed by atoms with Gasteiger partial charge in [0.25, 0.3) is 5.91 Å². The van der Waals surface area contributed by atoms with Crippen LogP contribution in [0.15, 0.2) is 48.8 Å². The lowest BCUT2D eigenvalue weighted by Crippen LogP contribution is -2.24. The summed E-state index contributed by atoms with van der Waals surface area (Å²) in [5.41, 5.74) is 2.74. The van der Waals surface area contributed by atoms with Gasteiger partial charge in [0, 0.05) is 24.5 Å². The minimum absolute atomic E-state index is 0.100. The molecule has 0 spiro atoms. The zero-order valence-electron chi connectivity index (χ0n) is 16.7. The van der Waals surface area contributed by atoms with Crippen LogP contribution in [0.1, 0.15) is 68.1 Å². The van der Waals surface area contributed by atoms with Crippen LogP contribution in [0.2, 0.25) is 0 Å². The molecule has 5 heteroatoms. The van der Waals surface area contributed by atoms with Gasteiger partial charge in [0.05, 0.1) is 17.6 Å². The Balaban J connectivity index is 1.61. The van der Waals surface area contributed by atoms with Crippen molar-refractivity contribution in [2.45, 2.75) is 65.0 Å². The number of nitrogens with zero attached hydrogens (tertiary/aromatic N) is 3. The quantitative estimate of drug-likeness (QED) is 0.472. The number of aryl methyl sites for hydroxylation is 1. The first-order valence-electron chi connectivity index (χ1n) is 10.4. The van der Waals surface area contributed by atoms with Crippen molar-refractivity contribution in [2.24, 2.45) is 0 Å². The average Bonchev–Trinajstić information content (AvgIpc) is 3.09. The average molecular weight is 379 g/mol. The highest BCUT2D eigenvalue weighted by Gasteiger charge is 2.12. The van der Waals surface area contributed by atoms with Crippen LogP contribution in [0.4, 0.5) is 0 Å². The van der Waals surface area contributed by atoms with E-state index >= 15 is 0 Å². The lowest BCUT2D eigenvalue weighted by Gasteiger charge is -2.10. The highest BCUT2D eigenvalue weighted by molar-refractivity contribution is 5.93. The smallest absolute Gasteiger partial charge is 0.251 e. The van der Waals surface area contributed by atoms with E-state index in [0.29, 0.717) is 12.1 Å². The molecule has 148 valence electrons. The lowest BCUT2D eigenvalue weighted by molar-refractivity contribution is 0.0949. The number of hydrogen-bond donors (Lipinski definition) is 1. The van der Waals surface area contributed by atoms with Gasteiger partial charge in [-0.3, -0.25) is 9.78 Å². The zero-order chi connectivity index (χ0) is 19.6. The van der Waals surface area contributed by atoms with Crippen molar-refractivity contribution in [3.05, 3.63) is 60.2 Å². The summed E-state index contributed by atoms with van der Waals surface area (Å²) in [6.07, 6.45) is 12.2. The number of hydrogen-bond acceptors (Lipinski definition) is 3. The summed E-state index contributed by atoms with van der Waals surface area (Å²) in [4.78, 5) is 21.1.